The minimum absolute atomic E-state index is 0.425. The number of anilines is 1. The Morgan fingerprint density at radius 2 is 1.74 bits per heavy atom. The van der Waals surface area contributed by atoms with E-state index in [4.69, 9.17) is 16.3 Å². The van der Waals surface area contributed by atoms with Gasteiger partial charge in [0.15, 0.2) is 0 Å². The van der Waals surface area contributed by atoms with Gasteiger partial charge in [-0.2, -0.15) is 0 Å². The monoisotopic (exact) mass is 432 g/mol. The maximum atomic E-state index is 12.8. The van der Waals surface area contributed by atoms with Gasteiger partial charge in [-0.25, -0.2) is 4.99 Å². The number of esters is 1. The Kier molecular flexibility index (Phi) is 6.14. The second-order valence-electron chi connectivity index (χ2n) is 7.40. The largest absolute Gasteiger partial charge is 0.430 e. The smallest absolute Gasteiger partial charge is 0.311 e. The van der Waals surface area contributed by atoms with Crippen LogP contribution in [0.4, 0.5) is 5.69 Å². The van der Waals surface area contributed by atoms with Crippen LogP contribution in [0.5, 0.6) is 0 Å². The van der Waals surface area contributed by atoms with E-state index in [1.165, 1.54) is 0 Å². The Morgan fingerprint density at radius 3 is 2.45 bits per heavy atom. The van der Waals surface area contributed by atoms with Gasteiger partial charge < -0.3 is 10.1 Å². The van der Waals surface area contributed by atoms with Crippen molar-refractivity contribution in [2.24, 2.45) is 10.9 Å². The van der Waals surface area contributed by atoms with Crippen molar-refractivity contribution in [1.82, 2.24) is 0 Å². The molecule has 6 heteroatoms. The number of halogens is 1. The van der Waals surface area contributed by atoms with Crippen LogP contribution >= 0.6 is 11.6 Å². The predicted molar refractivity (Wildman–Crippen MR) is 121 cm³/mol. The fraction of sp³-hybridized carbons (Fsp3) is 0.160. The highest BCUT2D eigenvalue weighted by atomic mass is 35.5. The summed E-state index contributed by atoms with van der Waals surface area (Å²) in [5.41, 5.74) is 3.58. The van der Waals surface area contributed by atoms with E-state index in [2.05, 4.69) is 10.3 Å². The third-order valence-corrected chi connectivity index (χ3v) is 5.26. The molecule has 4 rings (SSSR count). The first kappa shape index (κ1) is 20.8. The summed E-state index contributed by atoms with van der Waals surface area (Å²) in [6, 6.07) is 24.2. The molecule has 2 atom stereocenters. The number of fused-ring (bicyclic) bond motifs is 1. The molecule has 0 saturated carbocycles. The number of ether oxygens (including phenoxy) is 1. The van der Waals surface area contributed by atoms with Crippen molar-refractivity contribution in [3.05, 3.63) is 101 Å². The van der Waals surface area contributed by atoms with Crippen molar-refractivity contribution in [2.45, 2.75) is 19.6 Å². The highest BCUT2D eigenvalue weighted by Crippen LogP contribution is 2.28. The summed E-state index contributed by atoms with van der Waals surface area (Å²) in [5.74, 6) is -1.41. The lowest BCUT2D eigenvalue weighted by Crippen LogP contribution is -2.32. The molecule has 31 heavy (non-hydrogen) atoms. The molecule has 0 spiro atoms. The number of carbonyl (C=O) groups excluding carboxylic acids is 2. The van der Waals surface area contributed by atoms with Gasteiger partial charge in [-0.15, -0.1) is 0 Å². The van der Waals surface area contributed by atoms with Crippen molar-refractivity contribution in [3.63, 3.8) is 0 Å². The number of rotatable bonds is 5. The molecule has 0 fully saturated rings. The molecule has 1 unspecified atom stereocenters. The molecule has 156 valence electrons. The summed E-state index contributed by atoms with van der Waals surface area (Å²) in [6.45, 7) is 1.78. The second kappa shape index (κ2) is 9.14. The first-order valence-electron chi connectivity index (χ1n) is 9.99. The van der Waals surface area contributed by atoms with Crippen LogP contribution in [0.25, 0.3) is 0 Å². The van der Waals surface area contributed by atoms with Crippen molar-refractivity contribution in [1.29, 1.82) is 0 Å². The van der Waals surface area contributed by atoms with E-state index in [1.54, 1.807) is 25.1 Å². The van der Waals surface area contributed by atoms with Crippen LogP contribution in [-0.2, 0) is 20.7 Å². The Morgan fingerprint density at radius 1 is 1.06 bits per heavy atom. The highest BCUT2D eigenvalue weighted by Gasteiger charge is 2.30. The fourth-order valence-corrected chi connectivity index (χ4v) is 3.62. The molecule has 0 saturated heterocycles. The molecule has 0 aliphatic carbocycles. The first-order valence-corrected chi connectivity index (χ1v) is 10.4. The van der Waals surface area contributed by atoms with Gasteiger partial charge in [0, 0.05) is 16.1 Å². The SMILES string of the molecule is CC(Cc1ccccc1)C(=O)O[C@H]1N=C(c2ccccc2)c2cc(Cl)ccc2NC1=O. The summed E-state index contributed by atoms with van der Waals surface area (Å²) >= 11 is 6.21. The van der Waals surface area contributed by atoms with Crippen molar-refractivity contribution < 1.29 is 14.3 Å². The average molecular weight is 433 g/mol. The molecule has 1 heterocycles. The van der Waals surface area contributed by atoms with Gasteiger partial charge in [0.25, 0.3) is 12.1 Å². The van der Waals surface area contributed by atoms with E-state index < -0.39 is 24.0 Å². The normalized spacial score (nSPS) is 16.4. The van der Waals surface area contributed by atoms with E-state index in [0.29, 0.717) is 28.4 Å². The molecule has 1 aliphatic heterocycles. The van der Waals surface area contributed by atoms with Crippen molar-refractivity contribution >= 4 is 34.9 Å². The van der Waals surface area contributed by atoms with Crippen LogP contribution in [0.1, 0.15) is 23.6 Å². The number of nitrogens with zero attached hydrogens (tertiary/aromatic N) is 1. The molecule has 1 amide bonds. The van der Waals surface area contributed by atoms with Gasteiger partial charge in [-0.05, 0) is 30.2 Å². The molecule has 3 aromatic rings. The Labute approximate surface area is 185 Å². The third-order valence-electron chi connectivity index (χ3n) is 5.03. The summed E-state index contributed by atoms with van der Waals surface area (Å²) < 4.78 is 5.56. The third kappa shape index (κ3) is 4.84. The van der Waals surface area contributed by atoms with Crippen LogP contribution in [-0.4, -0.2) is 23.8 Å². The number of aliphatic imine (C=N–C) groups is 1. The standard InChI is InChI=1S/C25H21ClN2O3/c1-16(14-17-8-4-2-5-9-17)25(30)31-24-23(29)27-21-13-12-19(26)15-20(21)22(28-24)18-10-6-3-7-11-18/h2-13,15-16,24H,14H2,1H3,(H,27,29)/t16?,24-/m1/s1. The quantitative estimate of drug-likeness (QED) is 0.584. The Balaban J connectivity index is 1.64. The van der Waals surface area contributed by atoms with E-state index >= 15 is 0 Å². The van der Waals surface area contributed by atoms with E-state index in [1.807, 2.05) is 60.7 Å². The van der Waals surface area contributed by atoms with E-state index in [-0.39, 0.29) is 0 Å². The van der Waals surface area contributed by atoms with Crippen molar-refractivity contribution in [3.8, 4) is 0 Å². The van der Waals surface area contributed by atoms with Gasteiger partial charge in [-0.3, -0.25) is 9.59 Å². The molecule has 5 nitrogen and oxygen atoms in total. The first-order chi connectivity index (χ1) is 15.0. The Hall–Kier alpha value is -3.44. The van der Waals surface area contributed by atoms with Crippen LogP contribution in [0.15, 0.2) is 83.9 Å². The molecular formula is C25H21ClN2O3. The topological polar surface area (TPSA) is 67.8 Å². The number of benzene rings is 3. The molecule has 0 bridgehead atoms. The van der Waals surface area contributed by atoms with E-state index in [0.717, 1.165) is 11.1 Å². The van der Waals surface area contributed by atoms with Crippen LogP contribution in [0.2, 0.25) is 5.02 Å². The molecule has 3 aromatic carbocycles. The molecule has 1 aliphatic rings. The number of hydrogen-bond donors (Lipinski definition) is 1. The summed E-state index contributed by atoms with van der Waals surface area (Å²) in [5, 5.41) is 3.32. The number of amides is 1. The number of benzodiazepines with no additional fused rings is 1. The minimum atomic E-state index is -1.30. The lowest BCUT2D eigenvalue weighted by atomic mass is 10.0. The van der Waals surface area contributed by atoms with Gasteiger partial charge in [0.2, 0.25) is 0 Å². The van der Waals surface area contributed by atoms with Crippen LogP contribution in [0, 0.1) is 5.92 Å². The van der Waals surface area contributed by atoms with Gasteiger partial charge in [0.1, 0.15) is 0 Å². The number of carbonyl (C=O) groups is 2. The van der Waals surface area contributed by atoms with Crippen LogP contribution in [0.3, 0.4) is 0 Å². The maximum absolute atomic E-state index is 12.8. The fourth-order valence-electron chi connectivity index (χ4n) is 3.44. The minimum Gasteiger partial charge on any atom is -0.430 e. The zero-order valence-electron chi connectivity index (χ0n) is 16.9. The molecule has 0 aromatic heterocycles. The zero-order valence-corrected chi connectivity index (χ0v) is 17.7. The molecular weight excluding hydrogens is 412 g/mol. The maximum Gasteiger partial charge on any atom is 0.311 e. The number of hydrogen-bond acceptors (Lipinski definition) is 4. The summed E-state index contributed by atoms with van der Waals surface area (Å²) in [6.07, 6.45) is -0.786. The highest BCUT2D eigenvalue weighted by molar-refractivity contribution is 6.32. The lowest BCUT2D eigenvalue weighted by Gasteiger charge is -2.16. The average Bonchev–Trinajstić information content (AvgIpc) is 2.91. The molecule has 0 radical (unpaired) electrons. The molecule has 1 N–H and O–H groups in total. The van der Waals surface area contributed by atoms with Gasteiger partial charge in [0.05, 0.1) is 17.3 Å². The lowest BCUT2D eigenvalue weighted by molar-refractivity contribution is -0.157. The van der Waals surface area contributed by atoms with Crippen molar-refractivity contribution in [2.75, 3.05) is 5.32 Å². The summed E-state index contributed by atoms with van der Waals surface area (Å²) in [4.78, 5) is 30.1. The zero-order chi connectivity index (χ0) is 21.8. The van der Waals surface area contributed by atoms with Gasteiger partial charge >= 0.3 is 5.97 Å². The Bertz CT molecular complexity index is 1130. The summed E-state index contributed by atoms with van der Waals surface area (Å²) in [7, 11) is 0. The predicted octanol–water partition coefficient (Wildman–Crippen LogP) is 4.88. The van der Waals surface area contributed by atoms with Crippen LogP contribution < -0.4 is 5.32 Å². The van der Waals surface area contributed by atoms with E-state index in [9.17, 15) is 9.59 Å². The number of nitrogens with one attached hydrogen (secondary N) is 1. The van der Waals surface area contributed by atoms with Gasteiger partial charge in [-0.1, -0.05) is 79.2 Å². The second-order valence-corrected chi connectivity index (χ2v) is 7.84.